The molecule has 0 spiro atoms. The molecule has 0 aliphatic heterocycles. The van der Waals surface area contributed by atoms with Crippen LogP contribution in [0.15, 0.2) is 47.6 Å². The Morgan fingerprint density at radius 2 is 1.85 bits per heavy atom. The molecule has 3 N–H and O–H groups in total. The van der Waals surface area contributed by atoms with Crippen LogP contribution >= 0.6 is 35.6 Å². The Bertz CT molecular complexity index is 740. The number of nitrogens with zero attached hydrogens (tertiary/aromatic N) is 3. The van der Waals surface area contributed by atoms with Crippen LogP contribution in [0.1, 0.15) is 5.56 Å². The van der Waals surface area contributed by atoms with Crippen molar-refractivity contribution in [1.82, 2.24) is 15.6 Å². The molecule has 1 aromatic heterocycles. The van der Waals surface area contributed by atoms with Gasteiger partial charge in [0.15, 0.2) is 5.96 Å². The number of nitrogens with one attached hydrogen (secondary N) is 3. The number of aliphatic imine (C=N–C) groups is 1. The zero-order chi connectivity index (χ0) is 18.8. The second-order valence-electron chi connectivity index (χ2n) is 5.40. The van der Waals surface area contributed by atoms with Gasteiger partial charge in [0.25, 0.3) is 5.69 Å². The topological polar surface area (TPSA) is 104 Å². The highest BCUT2D eigenvalue weighted by Crippen LogP contribution is 2.14. The molecule has 0 saturated carbocycles. The summed E-state index contributed by atoms with van der Waals surface area (Å²) < 4.78 is 0. The number of nitro benzene ring substituents is 1. The average molecular weight is 505 g/mol. The third-order valence-electron chi connectivity index (χ3n) is 3.54. The minimum atomic E-state index is -0.416. The summed E-state index contributed by atoms with van der Waals surface area (Å²) in [6.07, 6.45) is 2.57. The van der Waals surface area contributed by atoms with Crippen molar-refractivity contribution in [2.45, 2.75) is 6.42 Å². The number of pyridine rings is 1. The molecular formula is C17H22ClIN6O2. The SMILES string of the molecule is CN=C(NCCNc1ccc([N+](=O)[O-])cc1)NCCc1ccc(Cl)nc1.I. The predicted molar refractivity (Wildman–Crippen MR) is 119 cm³/mol. The van der Waals surface area contributed by atoms with Gasteiger partial charge >= 0.3 is 0 Å². The summed E-state index contributed by atoms with van der Waals surface area (Å²) in [5.74, 6) is 0.706. The Morgan fingerprint density at radius 3 is 2.44 bits per heavy atom. The third-order valence-corrected chi connectivity index (χ3v) is 3.77. The fourth-order valence-corrected chi connectivity index (χ4v) is 2.30. The zero-order valence-corrected chi connectivity index (χ0v) is 17.9. The summed E-state index contributed by atoms with van der Waals surface area (Å²) in [7, 11) is 1.71. The van der Waals surface area contributed by atoms with Gasteiger partial charge in [-0.15, -0.1) is 24.0 Å². The molecule has 0 fully saturated rings. The van der Waals surface area contributed by atoms with Crippen LogP contribution in [-0.4, -0.2) is 42.5 Å². The number of nitro groups is 1. The molecule has 1 heterocycles. The summed E-state index contributed by atoms with van der Waals surface area (Å²) in [6.45, 7) is 2.03. The average Bonchev–Trinajstić information content (AvgIpc) is 2.65. The van der Waals surface area contributed by atoms with E-state index in [4.69, 9.17) is 11.6 Å². The van der Waals surface area contributed by atoms with Crippen LogP contribution in [0.5, 0.6) is 0 Å². The third kappa shape index (κ3) is 8.39. The molecule has 0 radical (unpaired) electrons. The Labute approximate surface area is 180 Å². The van der Waals surface area contributed by atoms with Crippen molar-refractivity contribution in [3.63, 3.8) is 0 Å². The standard InChI is InChI=1S/C17H21ClN6O2.HI/c1-19-17(21-9-8-13-2-7-16(18)23-12-13)22-11-10-20-14-3-5-15(6-4-14)24(25)26;/h2-7,12,20H,8-11H2,1H3,(H2,19,21,22);1H. The second kappa shape index (κ2) is 12.3. The lowest BCUT2D eigenvalue weighted by molar-refractivity contribution is -0.384. The van der Waals surface area contributed by atoms with Gasteiger partial charge in [-0.2, -0.15) is 0 Å². The molecule has 0 saturated heterocycles. The number of halogens is 2. The number of non-ortho nitro benzene ring substituents is 1. The highest BCUT2D eigenvalue weighted by molar-refractivity contribution is 14.0. The monoisotopic (exact) mass is 504 g/mol. The van der Waals surface area contributed by atoms with Crippen molar-refractivity contribution < 1.29 is 4.92 Å². The van der Waals surface area contributed by atoms with Gasteiger partial charge in [0.1, 0.15) is 5.15 Å². The minimum absolute atomic E-state index is 0. The smallest absolute Gasteiger partial charge is 0.269 e. The molecule has 0 atom stereocenters. The van der Waals surface area contributed by atoms with Crippen LogP contribution in [0.4, 0.5) is 11.4 Å². The normalized spacial score (nSPS) is 10.7. The van der Waals surface area contributed by atoms with Crippen molar-refractivity contribution in [2.24, 2.45) is 4.99 Å². The first-order valence-corrected chi connectivity index (χ1v) is 8.49. The highest BCUT2D eigenvalue weighted by atomic mass is 127. The van der Waals surface area contributed by atoms with E-state index in [1.807, 2.05) is 6.07 Å². The first-order chi connectivity index (χ1) is 12.6. The molecule has 8 nitrogen and oxygen atoms in total. The lowest BCUT2D eigenvalue weighted by atomic mass is 10.2. The van der Waals surface area contributed by atoms with Crippen LogP contribution in [0, 0.1) is 10.1 Å². The maximum absolute atomic E-state index is 10.6. The van der Waals surface area contributed by atoms with Gasteiger partial charge in [-0.3, -0.25) is 15.1 Å². The Hall–Kier alpha value is -2.14. The van der Waals surface area contributed by atoms with E-state index >= 15 is 0 Å². The molecule has 0 bridgehead atoms. The summed E-state index contributed by atoms with van der Waals surface area (Å²) in [5, 5.41) is 20.7. The summed E-state index contributed by atoms with van der Waals surface area (Å²) in [5.41, 5.74) is 2.00. The van der Waals surface area contributed by atoms with Crippen LogP contribution in [0.3, 0.4) is 0 Å². The van der Waals surface area contributed by atoms with Gasteiger partial charge in [-0.25, -0.2) is 4.98 Å². The fraction of sp³-hybridized carbons (Fsp3) is 0.294. The maximum atomic E-state index is 10.6. The van der Waals surface area contributed by atoms with E-state index in [0.29, 0.717) is 24.2 Å². The zero-order valence-electron chi connectivity index (χ0n) is 14.8. The van der Waals surface area contributed by atoms with Gasteiger partial charge < -0.3 is 16.0 Å². The molecule has 0 aliphatic rings. The van der Waals surface area contributed by atoms with Crippen molar-refractivity contribution in [3.8, 4) is 0 Å². The number of aromatic nitrogens is 1. The van der Waals surface area contributed by atoms with Crippen molar-refractivity contribution in [3.05, 3.63) is 63.4 Å². The van der Waals surface area contributed by atoms with E-state index in [-0.39, 0.29) is 29.7 Å². The van der Waals surface area contributed by atoms with E-state index in [1.54, 1.807) is 31.4 Å². The van der Waals surface area contributed by atoms with Gasteiger partial charge in [-0.1, -0.05) is 17.7 Å². The lowest BCUT2D eigenvalue weighted by Crippen LogP contribution is -2.40. The van der Waals surface area contributed by atoms with Crippen molar-refractivity contribution >= 4 is 52.9 Å². The molecule has 146 valence electrons. The molecule has 1 aromatic carbocycles. The number of rotatable bonds is 8. The molecule has 10 heteroatoms. The Balaban J connectivity index is 0.00000364. The fourth-order valence-electron chi connectivity index (χ4n) is 2.19. The first-order valence-electron chi connectivity index (χ1n) is 8.12. The molecule has 0 amide bonds. The maximum Gasteiger partial charge on any atom is 0.269 e. The van der Waals surface area contributed by atoms with E-state index in [2.05, 4.69) is 25.9 Å². The second-order valence-corrected chi connectivity index (χ2v) is 5.78. The van der Waals surface area contributed by atoms with E-state index in [0.717, 1.165) is 24.2 Å². The quantitative estimate of drug-likeness (QED) is 0.0971. The van der Waals surface area contributed by atoms with E-state index < -0.39 is 4.92 Å². The number of benzene rings is 1. The van der Waals surface area contributed by atoms with Crippen LogP contribution in [0.2, 0.25) is 5.15 Å². The largest absolute Gasteiger partial charge is 0.383 e. The predicted octanol–water partition coefficient (Wildman–Crippen LogP) is 3.08. The van der Waals surface area contributed by atoms with E-state index in [9.17, 15) is 10.1 Å². The van der Waals surface area contributed by atoms with Crippen LogP contribution in [0.25, 0.3) is 0 Å². The minimum Gasteiger partial charge on any atom is -0.383 e. The van der Waals surface area contributed by atoms with Crippen molar-refractivity contribution in [2.75, 3.05) is 32.0 Å². The van der Waals surface area contributed by atoms with Gasteiger partial charge in [0.2, 0.25) is 0 Å². The molecule has 2 aromatic rings. The van der Waals surface area contributed by atoms with Crippen LogP contribution in [-0.2, 0) is 6.42 Å². The number of anilines is 1. The van der Waals surface area contributed by atoms with E-state index in [1.165, 1.54) is 12.1 Å². The van der Waals surface area contributed by atoms with Crippen molar-refractivity contribution in [1.29, 1.82) is 0 Å². The molecule has 27 heavy (non-hydrogen) atoms. The summed E-state index contributed by atoms with van der Waals surface area (Å²) in [4.78, 5) is 18.4. The summed E-state index contributed by atoms with van der Waals surface area (Å²) >= 11 is 5.76. The molecular weight excluding hydrogens is 483 g/mol. The number of guanidine groups is 1. The van der Waals surface area contributed by atoms with Gasteiger partial charge in [0, 0.05) is 50.7 Å². The Morgan fingerprint density at radius 1 is 1.15 bits per heavy atom. The lowest BCUT2D eigenvalue weighted by Gasteiger charge is -2.12. The molecule has 2 rings (SSSR count). The number of hydrogen-bond acceptors (Lipinski definition) is 5. The highest BCUT2D eigenvalue weighted by Gasteiger charge is 2.03. The molecule has 0 aliphatic carbocycles. The first kappa shape index (κ1) is 22.9. The van der Waals surface area contributed by atoms with Crippen LogP contribution < -0.4 is 16.0 Å². The van der Waals surface area contributed by atoms with Gasteiger partial charge in [0.05, 0.1) is 4.92 Å². The molecule has 0 unspecified atom stereocenters. The number of hydrogen-bond donors (Lipinski definition) is 3. The van der Waals surface area contributed by atoms with Gasteiger partial charge in [-0.05, 0) is 30.2 Å². The Kier molecular flexibility index (Phi) is 10.4. The summed E-state index contributed by atoms with van der Waals surface area (Å²) in [6, 6.07) is 10.0.